The Bertz CT molecular complexity index is 920. The molecule has 26 heavy (non-hydrogen) atoms. The summed E-state index contributed by atoms with van der Waals surface area (Å²) in [5.41, 5.74) is 0.832. The maximum atomic E-state index is 13.1. The van der Waals surface area contributed by atoms with Gasteiger partial charge in [-0.15, -0.1) is 0 Å². The molecule has 140 valence electrons. The molecule has 0 radical (unpaired) electrons. The normalized spacial score (nSPS) is 14.5. The lowest BCUT2D eigenvalue weighted by atomic mass is 10.0. The van der Waals surface area contributed by atoms with E-state index in [2.05, 4.69) is 0 Å². The number of ether oxygens (including phenoxy) is 1. The first-order chi connectivity index (χ1) is 12.1. The summed E-state index contributed by atoms with van der Waals surface area (Å²) < 4.78 is 7.21. The number of carbonyl (C=O) groups excluding carboxylic acids is 1. The van der Waals surface area contributed by atoms with Crippen LogP contribution in [0.25, 0.3) is 10.8 Å². The summed E-state index contributed by atoms with van der Waals surface area (Å²) in [6.45, 7) is 7.24. The summed E-state index contributed by atoms with van der Waals surface area (Å²) in [5, 5.41) is 10.8. The molecular weight excluding hydrogens is 332 g/mol. The fraction of sp³-hybridized carbons (Fsp3) is 0.500. The van der Waals surface area contributed by atoms with E-state index in [4.69, 9.17) is 4.74 Å². The zero-order valence-electron chi connectivity index (χ0n) is 16.0. The number of anilines is 1. The predicted molar refractivity (Wildman–Crippen MR) is 102 cm³/mol. The van der Waals surface area contributed by atoms with Gasteiger partial charge in [-0.3, -0.25) is 14.3 Å². The van der Waals surface area contributed by atoms with Crippen molar-refractivity contribution < 1.29 is 14.6 Å². The Labute approximate surface area is 153 Å². The van der Waals surface area contributed by atoms with E-state index in [0.29, 0.717) is 11.2 Å². The number of aromatic nitrogens is 1. The van der Waals surface area contributed by atoms with Crippen molar-refractivity contribution in [2.45, 2.75) is 58.8 Å². The minimum Gasteiger partial charge on any atom is -0.443 e. The van der Waals surface area contributed by atoms with Crippen LogP contribution in [-0.2, 0) is 11.3 Å². The monoisotopic (exact) mass is 358 g/mol. The summed E-state index contributed by atoms with van der Waals surface area (Å²) in [4.78, 5) is 27.2. The van der Waals surface area contributed by atoms with E-state index < -0.39 is 11.7 Å². The van der Waals surface area contributed by atoms with Gasteiger partial charge in [-0.2, -0.15) is 0 Å². The van der Waals surface area contributed by atoms with Crippen LogP contribution in [0.1, 0.15) is 50.8 Å². The molecule has 1 saturated carbocycles. The van der Waals surface area contributed by atoms with Gasteiger partial charge in [0.1, 0.15) is 11.4 Å². The van der Waals surface area contributed by atoms with Crippen LogP contribution in [0.3, 0.4) is 0 Å². The molecule has 1 aromatic heterocycles. The molecule has 3 rings (SSSR count). The van der Waals surface area contributed by atoms with Gasteiger partial charge in [0.25, 0.3) is 5.56 Å². The van der Waals surface area contributed by atoms with Gasteiger partial charge >= 0.3 is 6.09 Å². The molecule has 1 aliphatic rings. The minimum absolute atomic E-state index is 0.0989. The molecule has 0 spiro atoms. The highest BCUT2D eigenvalue weighted by molar-refractivity contribution is 5.94. The van der Waals surface area contributed by atoms with E-state index in [0.717, 1.165) is 29.4 Å². The van der Waals surface area contributed by atoms with Gasteiger partial charge in [0.2, 0.25) is 0 Å². The number of rotatable bonds is 3. The second-order valence-corrected chi connectivity index (χ2v) is 7.93. The zero-order chi connectivity index (χ0) is 19.2. The van der Waals surface area contributed by atoms with E-state index in [1.54, 1.807) is 23.7 Å². The number of hydrogen-bond donors (Lipinski definition) is 1. The Balaban J connectivity index is 2.22. The first-order valence-corrected chi connectivity index (χ1v) is 8.89. The van der Waals surface area contributed by atoms with E-state index in [1.807, 2.05) is 33.8 Å². The van der Waals surface area contributed by atoms with Crippen molar-refractivity contribution in [2.24, 2.45) is 0 Å². The van der Waals surface area contributed by atoms with E-state index in [-0.39, 0.29) is 18.2 Å². The molecule has 0 unspecified atom stereocenters. The van der Waals surface area contributed by atoms with E-state index >= 15 is 0 Å². The van der Waals surface area contributed by atoms with Gasteiger partial charge in [-0.25, -0.2) is 4.79 Å². The van der Waals surface area contributed by atoms with Crippen LogP contribution in [0.5, 0.6) is 0 Å². The number of pyridine rings is 1. The topological polar surface area (TPSA) is 71.8 Å². The second kappa shape index (κ2) is 6.43. The van der Waals surface area contributed by atoms with Crippen molar-refractivity contribution in [3.8, 4) is 0 Å². The van der Waals surface area contributed by atoms with Gasteiger partial charge < -0.3 is 9.84 Å². The summed E-state index contributed by atoms with van der Waals surface area (Å²) in [6, 6.07) is 5.45. The molecule has 0 bridgehead atoms. The highest BCUT2D eigenvalue weighted by Crippen LogP contribution is 2.39. The summed E-state index contributed by atoms with van der Waals surface area (Å²) in [5.74, 6) is 0.564. The highest BCUT2D eigenvalue weighted by Gasteiger charge is 2.32. The first kappa shape index (κ1) is 18.5. The van der Waals surface area contributed by atoms with Crippen molar-refractivity contribution in [3.05, 3.63) is 39.7 Å². The van der Waals surface area contributed by atoms with Gasteiger partial charge in [0.05, 0.1) is 6.61 Å². The summed E-state index contributed by atoms with van der Waals surface area (Å²) >= 11 is 0. The van der Waals surface area contributed by atoms with E-state index in [1.165, 1.54) is 4.90 Å². The molecule has 1 aromatic carbocycles. The SMILES string of the molecule is Cc1c(N(C)C(=O)OC(C)(C)C)n(C2CC2)c(=O)c2ccc(CO)cc12. The van der Waals surface area contributed by atoms with Crippen LogP contribution in [0.4, 0.5) is 10.6 Å². The van der Waals surface area contributed by atoms with E-state index in [9.17, 15) is 14.7 Å². The number of benzene rings is 1. The Morgan fingerprint density at radius 1 is 1.31 bits per heavy atom. The maximum Gasteiger partial charge on any atom is 0.415 e. The number of aliphatic hydroxyl groups is 1. The van der Waals surface area contributed by atoms with Gasteiger partial charge in [-0.1, -0.05) is 6.07 Å². The van der Waals surface area contributed by atoms with Crippen molar-refractivity contribution in [1.29, 1.82) is 0 Å². The molecule has 1 fully saturated rings. The predicted octanol–water partition coefficient (Wildman–Crippen LogP) is 3.51. The fourth-order valence-electron chi connectivity index (χ4n) is 3.22. The number of amides is 1. The lowest BCUT2D eigenvalue weighted by Gasteiger charge is -2.28. The van der Waals surface area contributed by atoms with Crippen molar-refractivity contribution >= 4 is 22.7 Å². The largest absolute Gasteiger partial charge is 0.443 e. The van der Waals surface area contributed by atoms with Crippen LogP contribution < -0.4 is 10.5 Å². The number of aliphatic hydroxyl groups excluding tert-OH is 1. The highest BCUT2D eigenvalue weighted by atomic mass is 16.6. The Kier molecular flexibility index (Phi) is 4.56. The molecule has 0 saturated heterocycles. The third-order valence-electron chi connectivity index (χ3n) is 4.58. The molecule has 6 heteroatoms. The van der Waals surface area contributed by atoms with Crippen molar-refractivity contribution in [1.82, 2.24) is 4.57 Å². The maximum absolute atomic E-state index is 13.1. The molecule has 0 atom stereocenters. The molecule has 1 aliphatic carbocycles. The Morgan fingerprint density at radius 3 is 2.50 bits per heavy atom. The minimum atomic E-state index is -0.620. The smallest absolute Gasteiger partial charge is 0.415 e. The number of nitrogens with zero attached hydrogens (tertiary/aromatic N) is 2. The van der Waals surface area contributed by atoms with Gasteiger partial charge in [-0.05, 0) is 69.2 Å². The molecule has 6 nitrogen and oxygen atoms in total. The lowest BCUT2D eigenvalue weighted by molar-refractivity contribution is 0.0587. The quantitative estimate of drug-likeness (QED) is 0.911. The van der Waals surface area contributed by atoms with Gasteiger partial charge in [0, 0.05) is 18.5 Å². The molecule has 1 N–H and O–H groups in total. The molecule has 1 heterocycles. The molecule has 2 aromatic rings. The van der Waals surface area contributed by atoms with Crippen molar-refractivity contribution in [2.75, 3.05) is 11.9 Å². The average Bonchev–Trinajstić information content (AvgIpc) is 3.39. The Morgan fingerprint density at radius 2 is 1.96 bits per heavy atom. The fourth-order valence-corrected chi connectivity index (χ4v) is 3.22. The average molecular weight is 358 g/mol. The van der Waals surface area contributed by atoms with Crippen LogP contribution in [0.2, 0.25) is 0 Å². The summed E-state index contributed by atoms with van der Waals surface area (Å²) in [6.07, 6.45) is 1.36. The van der Waals surface area contributed by atoms with Gasteiger partial charge in [0.15, 0.2) is 0 Å². The third kappa shape index (κ3) is 3.33. The molecule has 0 aliphatic heterocycles. The van der Waals surface area contributed by atoms with Crippen LogP contribution >= 0.6 is 0 Å². The van der Waals surface area contributed by atoms with Crippen LogP contribution in [-0.4, -0.2) is 28.4 Å². The standard InChI is InChI=1S/C20H26N2O4/c1-12-16-10-13(11-23)6-9-15(16)18(24)22(14-7-8-14)17(12)21(5)19(25)26-20(2,3)4/h6,9-10,14,23H,7-8,11H2,1-5H3. The zero-order valence-corrected chi connectivity index (χ0v) is 16.0. The number of hydrogen-bond acceptors (Lipinski definition) is 4. The molecular formula is C20H26N2O4. The number of carbonyl (C=O) groups is 1. The third-order valence-corrected chi connectivity index (χ3v) is 4.58. The van der Waals surface area contributed by atoms with Crippen LogP contribution in [0, 0.1) is 6.92 Å². The summed E-state index contributed by atoms with van der Waals surface area (Å²) in [7, 11) is 1.64. The number of fused-ring (bicyclic) bond motifs is 1. The molecule has 1 amide bonds. The van der Waals surface area contributed by atoms with Crippen molar-refractivity contribution in [3.63, 3.8) is 0 Å². The number of aryl methyl sites for hydroxylation is 1. The lowest BCUT2D eigenvalue weighted by Crippen LogP contribution is -2.38. The Hall–Kier alpha value is -2.34. The first-order valence-electron chi connectivity index (χ1n) is 8.89. The van der Waals surface area contributed by atoms with Crippen LogP contribution in [0.15, 0.2) is 23.0 Å². The second-order valence-electron chi connectivity index (χ2n) is 7.93.